The molecule has 0 saturated carbocycles. The molecule has 2 unspecified atom stereocenters. The molecule has 1 aliphatic heterocycles. The largest absolute Gasteiger partial charge is 0.481 e. The van der Waals surface area contributed by atoms with Gasteiger partial charge in [-0.1, -0.05) is 155 Å². The Morgan fingerprint density at radius 3 is 1.88 bits per heavy atom. The van der Waals surface area contributed by atoms with Crippen LogP contribution in [0.2, 0.25) is 0 Å². The average Bonchev–Trinajstić information content (AvgIpc) is 3.87. The van der Waals surface area contributed by atoms with Crippen LogP contribution in [-0.4, -0.2) is 123 Å². The van der Waals surface area contributed by atoms with E-state index in [1.54, 1.807) is 0 Å². The van der Waals surface area contributed by atoms with E-state index in [9.17, 15) is 57.9 Å². The maximum atomic E-state index is 12.8. The minimum Gasteiger partial charge on any atom is -0.386 e. The van der Waals surface area contributed by atoms with Crippen molar-refractivity contribution in [3.63, 3.8) is 0 Å². The molecular formula is C44H83N8O17P3S. The summed E-state index contributed by atoms with van der Waals surface area (Å²) in [5.41, 5.74) is 4.30. The zero-order valence-electron chi connectivity index (χ0n) is 42.6. The molecule has 422 valence electrons. The van der Waals surface area contributed by atoms with Crippen LogP contribution < -0.4 is 22.5 Å². The first kappa shape index (κ1) is 66.6. The van der Waals surface area contributed by atoms with Gasteiger partial charge in [0, 0.05) is 37.1 Å². The Kier molecular flexibility index (Phi) is 31.3. The van der Waals surface area contributed by atoms with Crippen molar-refractivity contribution >= 4 is 69.1 Å². The monoisotopic (exact) mass is 1120 g/mol. The van der Waals surface area contributed by atoms with Gasteiger partial charge in [-0.05, 0) is 6.42 Å². The molecule has 3 rings (SSSR count). The smallest absolute Gasteiger partial charge is 0.386 e. The summed E-state index contributed by atoms with van der Waals surface area (Å²) < 4.78 is 62.5. The number of imidazole rings is 1. The maximum absolute atomic E-state index is 12.8. The van der Waals surface area contributed by atoms with Gasteiger partial charge in [-0.15, -0.1) is 0 Å². The van der Waals surface area contributed by atoms with Gasteiger partial charge in [0.15, 0.2) is 22.8 Å². The number of rotatable bonds is 40. The van der Waals surface area contributed by atoms with Crippen LogP contribution in [0.3, 0.4) is 0 Å². The fourth-order valence-corrected chi connectivity index (χ4v) is 11.4. The Hall–Kier alpha value is -2.48. The molecule has 0 spiro atoms. The lowest BCUT2D eigenvalue weighted by atomic mass is 9.87. The lowest BCUT2D eigenvalue weighted by molar-refractivity contribution is -0.137. The van der Waals surface area contributed by atoms with Crippen LogP contribution in [0.1, 0.15) is 168 Å². The molecule has 13 N–H and O–H groups in total. The van der Waals surface area contributed by atoms with Crippen LogP contribution in [0, 0.1) is 5.41 Å². The normalized spacial score (nSPS) is 19.2. The highest BCUT2D eigenvalue weighted by atomic mass is 32.2. The van der Waals surface area contributed by atoms with Gasteiger partial charge in [-0.25, -0.2) is 28.6 Å². The van der Waals surface area contributed by atoms with E-state index in [0.717, 1.165) is 48.2 Å². The third kappa shape index (κ3) is 26.4. The van der Waals surface area contributed by atoms with Gasteiger partial charge in [0.1, 0.15) is 36.3 Å². The zero-order valence-corrected chi connectivity index (χ0v) is 46.1. The molecule has 0 radical (unpaired) electrons. The number of carbonyl (C=O) groups is 3. The number of nitrogens with zero attached hydrogens (tertiary/aromatic N) is 4. The Morgan fingerprint density at radius 1 is 0.795 bits per heavy atom. The van der Waals surface area contributed by atoms with Crippen molar-refractivity contribution in [1.82, 2.24) is 36.3 Å². The number of anilines is 1. The summed E-state index contributed by atoms with van der Waals surface area (Å²) in [4.78, 5) is 88.6. The fourth-order valence-electron chi connectivity index (χ4n) is 7.89. The van der Waals surface area contributed by atoms with Gasteiger partial charge in [-0.3, -0.25) is 32.5 Å². The summed E-state index contributed by atoms with van der Waals surface area (Å²) in [7, 11) is -16.4. The molecule has 1 aliphatic rings. The van der Waals surface area contributed by atoms with Crippen LogP contribution in [0.25, 0.3) is 11.2 Å². The number of fused-ring (bicyclic) bond motifs is 1. The Morgan fingerprint density at radius 2 is 1.33 bits per heavy atom. The molecule has 2 aromatic heterocycles. The quantitative estimate of drug-likeness (QED) is 0.0236. The lowest BCUT2D eigenvalue weighted by Crippen LogP contribution is -2.46. The number of nitrogens with two attached hydrogens (primary N) is 1. The summed E-state index contributed by atoms with van der Waals surface area (Å²) in [5.74, 6) is -1.01. The number of carbonyl (C=O) groups excluding carboxylic acids is 3. The molecule has 0 aromatic carbocycles. The Balaban J connectivity index is 0.0000183. The lowest BCUT2D eigenvalue weighted by Gasteiger charge is -2.30. The van der Waals surface area contributed by atoms with E-state index in [-0.39, 0.29) is 47.8 Å². The van der Waals surface area contributed by atoms with Crippen LogP contribution in [0.5, 0.6) is 0 Å². The molecule has 73 heavy (non-hydrogen) atoms. The van der Waals surface area contributed by atoms with Crippen molar-refractivity contribution in [2.45, 2.75) is 193 Å². The first-order chi connectivity index (χ1) is 34.1. The third-order valence-corrected chi connectivity index (χ3v) is 16.0. The molecule has 0 aliphatic carbocycles. The summed E-state index contributed by atoms with van der Waals surface area (Å²) in [6.07, 6.45) is 19.5. The van der Waals surface area contributed by atoms with Crippen molar-refractivity contribution in [2.24, 2.45) is 5.41 Å². The van der Waals surface area contributed by atoms with Crippen molar-refractivity contribution in [3.05, 3.63) is 12.7 Å². The number of nitrogens with one attached hydrogen (secondary N) is 2. The van der Waals surface area contributed by atoms with Gasteiger partial charge in [0.05, 0.1) is 19.5 Å². The fraction of sp³-hybridized carbons (Fsp3) is 0.818. The number of hydrogen-bond acceptors (Lipinski definition) is 19. The van der Waals surface area contributed by atoms with E-state index < -0.39 is 84.6 Å². The van der Waals surface area contributed by atoms with Gasteiger partial charge >= 0.3 is 23.5 Å². The third-order valence-electron chi connectivity index (χ3n) is 12.0. The second-order valence-corrected chi connectivity index (χ2v) is 24.1. The second-order valence-electron chi connectivity index (χ2n) is 18.8. The molecule has 0 bridgehead atoms. The summed E-state index contributed by atoms with van der Waals surface area (Å²) >= 11 is 1.16. The van der Waals surface area contributed by atoms with E-state index in [1.807, 2.05) is 0 Å². The van der Waals surface area contributed by atoms with E-state index in [4.69, 9.17) is 19.5 Å². The number of hydrogen-bond donors (Lipinski definition) is 10. The number of phosphoric acid groups is 3. The number of amides is 2. The Bertz CT molecular complexity index is 2090. The van der Waals surface area contributed by atoms with Crippen molar-refractivity contribution in [1.29, 1.82) is 0 Å². The summed E-state index contributed by atoms with van der Waals surface area (Å²) in [6.45, 7) is 2.85. The molecular weight excluding hydrogens is 1040 g/mol. The summed E-state index contributed by atoms with van der Waals surface area (Å²) in [5, 5.41) is 26.7. The van der Waals surface area contributed by atoms with Crippen LogP contribution in [0.4, 0.5) is 5.82 Å². The number of aromatic nitrogens is 4. The molecule has 3 heterocycles. The highest BCUT2D eigenvalue weighted by Gasteiger charge is 2.50. The van der Waals surface area contributed by atoms with Crippen molar-refractivity contribution in [2.75, 3.05) is 37.8 Å². The molecule has 1 fully saturated rings. The Labute approximate surface area is 433 Å². The predicted molar refractivity (Wildman–Crippen MR) is 275 cm³/mol. The highest BCUT2D eigenvalue weighted by molar-refractivity contribution is 8.13. The SMILES string of the molecule is CCCCCCCCCCCCCCCCCCCCCCC(=O)SCCNC(=O)CCNC(=O)[C@H](O)C(C)(C)COP(=O)(O)OP(=O)(O)OC[C@H]1O[C@@H](n2cnc3c(N)ncnc32)[C@H](O)[C@@H]1OP(=O)(O)O.N. The molecule has 2 aromatic rings. The van der Waals surface area contributed by atoms with Crippen LogP contribution in [-0.2, 0) is 50.7 Å². The summed E-state index contributed by atoms with van der Waals surface area (Å²) in [6, 6.07) is 0. The second kappa shape index (κ2) is 34.3. The number of nitrogen functional groups attached to an aromatic ring is 1. The number of phosphoric ester groups is 3. The topological polar surface area (TPSA) is 399 Å². The zero-order chi connectivity index (χ0) is 53.2. The molecule has 7 atom stereocenters. The van der Waals surface area contributed by atoms with E-state index in [1.165, 1.54) is 123 Å². The minimum absolute atomic E-state index is 0. The molecule has 1 saturated heterocycles. The van der Waals surface area contributed by atoms with Gasteiger partial charge < -0.3 is 57.0 Å². The molecule has 29 heteroatoms. The number of ether oxygens (including phenoxy) is 1. The van der Waals surface area contributed by atoms with E-state index in [2.05, 4.69) is 41.3 Å². The van der Waals surface area contributed by atoms with Gasteiger partial charge in [0.2, 0.25) is 11.8 Å². The number of aliphatic hydroxyl groups excluding tert-OH is 2. The van der Waals surface area contributed by atoms with Crippen molar-refractivity contribution < 1.29 is 80.5 Å². The predicted octanol–water partition coefficient (Wildman–Crippen LogP) is 7.04. The van der Waals surface area contributed by atoms with Gasteiger partial charge in [0.25, 0.3) is 0 Å². The van der Waals surface area contributed by atoms with E-state index >= 15 is 0 Å². The number of unbranched alkanes of at least 4 members (excludes halogenated alkanes) is 19. The minimum atomic E-state index is -5.58. The van der Waals surface area contributed by atoms with E-state index in [0.29, 0.717) is 12.2 Å². The number of aliphatic hydroxyl groups is 2. The van der Waals surface area contributed by atoms with Crippen molar-refractivity contribution in [3.8, 4) is 0 Å². The highest BCUT2D eigenvalue weighted by Crippen LogP contribution is 2.61. The standard InChI is InChI=1S/C44H80N7O17P3S.H3N/c1-4-5-6-7-8-9-10-11-12-13-14-15-16-17-18-19-20-21-22-23-24-35(53)72-28-27-46-34(52)25-26-47-42(56)39(55)44(2,3)30-65-71(62,63)68-70(60,61)64-29-33-38(67-69(57,58)59)37(54)43(66-33)51-32-50-36-40(45)48-31-49-41(36)51;/h31-33,37-39,43,54-55H,4-30H2,1-3H3,(H,46,52)(H,47,56)(H,60,61)(H,62,63)(H2,45,48,49)(H2,57,58,59);1H3/t33-,37-,38-,39+,43-;/m1./s1. The average molecular weight is 1120 g/mol. The maximum Gasteiger partial charge on any atom is 0.481 e. The van der Waals surface area contributed by atoms with Crippen LogP contribution in [0.15, 0.2) is 12.7 Å². The first-order valence-corrected chi connectivity index (χ1v) is 30.6. The molecule has 2 amide bonds. The van der Waals surface area contributed by atoms with Gasteiger partial charge in [-0.2, -0.15) is 4.31 Å². The van der Waals surface area contributed by atoms with Crippen LogP contribution >= 0.6 is 35.2 Å². The first-order valence-electron chi connectivity index (χ1n) is 25.1. The number of thioether (sulfide) groups is 1. The molecule has 25 nitrogen and oxygen atoms in total.